The van der Waals surface area contributed by atoms with E-state index in [4.69, 9.17) is 10.2 Å². The molecule has 0 atom stereocenters. The molecular weight excluding hydrogens is 196 g/mol. The van der Waals surface area contributed by atoms with Crippen LogP contribution in [0.1, 0.15) is 20.8 Å². The maximum atomic E-state index is 11.6. The fourth-order valence-corrected chi connectivity index (χ4v) is 0.863. The van der Waals surface area contributed by atoms with E-state index >= 15 is 0 Å². The van der Waals surface area contributed by atoms with Crippen LogP contribution in [0.25, 0.3) is 0 Å². The Labute approximate surface area is 91.1 Å². The molecule has 0 aromatic rings. The van der Waals surface area contributed by atoms with Crippen LogP contribution in [-0.2, 0) is 4.79 Å². The van der Waals surface area contributed by atoms with Gasteiger partial charge in [-0.15, -0.1) is 0 Å². The molecule has 0 aliphatic carbocycles. The molecule has 0 aromatic heterocycles. The Hall–Kier alpha value is -0.650. The summed E-state index contributed by atoms with van der Waals surface area (Å²) in [5, 5.41) is 20.8. The quantitative estimate of drug-likeness (QED) is 0.545. The fourth-order valence-electron chi connectivity index (χ4n) is 0.863. The van der Waals surface area contributed by atoms with E-state index < -0.39 is 5.54 Å². The minimum Gasteiger partial charge on any atom is -0.394 e. The van der Waals surface area contributed by atoms with E-state index in [9.17, 15) is 4.79 Å². The molecule has 0 aliphatic rings. The van der Waals surface area contributed by atoms with Gasteiger partial charge in [0.2, 0.25) is 5.91 Å². The lowest BCUT2D eigenvalue weighted by atomic mass is 10.1. The van der Waals surface area contributed by atoms with Crippen LogP contribution in [0, 0.1) is 0 Å². The van der Waals surface area contributed by atoms with Crippen molar-refractivity contribution in [1.82, 2.24) is 10.2 Å². The zero-order chi connectivity index (χ0) is 12.1. The van der Waals surface area contributed by atoms with Gasteiger partial charge >= 0.3 is 0 Å². The van der Waals surface area contributed by atoms with Gasteiger partial charge in [-0.3, -0.25) is 10.1 Å². The topological polar surface area (TPSA) is 72.8 Å². The molecule has 0 spiro atoms. The third-order valence-corrected chi connectivity index (χ3v) is 2.53. The lowest BCUT2D eigenvalue weighted by molar-refractivity contribution is -0.130. The Balaban J connectivity index is 4.10. The molecule has 5 nitrogen and oxygen atoms in total. The molecule has 3 N–H and O–H groups in total. The number of aliphatic hydroxyl groups is 2. The average molecular weight is 218 g/mol. The van der Waals surface area contributed by atoms with E-state index in [1.165, 1.54) is 0 Å². The SMILES string of the molecule is CC(C)N(C)C(=O)CNC(C)(CO)CO. The number of likely N-dealkylation sites (N-methyl/N-ethyl adjacent to an activating group) is 1. The summed E-state index contributed by atoms with van der Waals surface area (Å²) < 4.78 is 0. The number of aliphatic hydroxyl groups excluding tert-OH is 2. The lowest BCUT2D eigenvalue weighted by Crippen LogP contribution is -2.53. The van der Waals surface area contributed by atoms with Crippen LogP contribution in [0.3, 0.4) is 0 Å². The van der Waals surface area contributed by atoms with E-state index in [0.29, 0.717) is 0 Å². The molecule has 15 heavy (non-hydrogen) atoms. The molecule has 0 aromatic carbocycles. The van der Waals surface area contributed by atoms with E-state index in [2.05, 4.69) is 5.32 Å². The number of nitrogens with zero attached hydrogens (tertiary/aromatic N) is 1. The van der Waals surface area contributed by atoms with Gasteiger partial charge < -0.3 is 15.1 Å². The van der Waals surface area contributed by atoms with E-state index in [1.807, 2.05) is 13.8 Å². The first-order chi connectivity index (χ1) is 6.86. The van der Waals surface area contributed by atoms with Crippen molar-refractivity contribution in [3.63, 3.8) is 0 Å². The molecule has 90 valence electrons. The molecule has 0 saturated heterocycles. The van der Waals surface area contributed by atoms with Crippen molar-refractivity contribution in [3.8, 4) is 0 Å². The average Bonchev–Trinajstić information content (AvgIpc) is 2.24. The number of carbonyl (C=O) groups is 1. The summed E-state index contributed by atoms with van der Waals surface area (Å²) in [6, 6.07) is 0.147. The third-order valence-electron chi connectivity index (χ3n) is 2.53. The standard InChI is InChI=1S/C10H22N2O3/c1-8(2)12(4)9(15)5-11-10(3,6-13)7-14/h8,11,13-14H,5-7H2,1-4H3. The minimum absolute atomic E-state index is 0.0573. The number of amides is 1. The summed E-state index contributed by atoms with van der Waals surface area (Å²) >= 11 is 0. The number of hydrogen-bond acceptors (Lipinski definition) is 4. The van der Waals surface area contributed by atoms with Gasteiger partial charge in [0.15, 0.2) is 0 Å². The highest BCUT2D eigenvalue weighted by Gasteiger charge is 2.23. The summed E-state index contributed by atoms with van der Waals surface area (Å²) in [6.07, 6.45) is 0. The zero-order valence-corrected chi connectivity index (χ0v) is 9.95. The van der Waals surface area contributed by atoms with Crippen molar-refractivity contribution >= 4 is 5.91 Å². The second-order valence-electron chi connectivity index (χ2n) is 4.33. The molecule has 0 fully saturated rings. The monoisotopic (exact) mass is 218 g/mol. The Morgan fingerprint density at radius 3 is 2.20 bits per heavy atom. The summed E-state index contributed by atoms with van der Waals surface area (Å²) in [7, 11) is 1.73. The predicted molar refractivity (Wildman–Crippen MR) is 58.5 cm³/mol. The summed E-state index contributed by atoms with van der Waals surface area (Å²) in [6.45, 7) is 5.22. The summed E-state index contributed by atoms with van der Waals surface area (Å²) in [4.78, 5) is 13.2. The van der Waals surface area contributed by atoms with E-state index in [1.54, 1.807) is 18.9 Å². The first-order valence-corrected chi connectivity index (χ1v) is 5.08. The second kappa shape index (κ2) is 6.05. The first kappa shape index (κ1) is 14.3. The van der Waals surface area contributed by atoms with Gasteiger partial charge in [0.25, 0.3) is 0 Å². The minimum atomic E-state index is -0.798. The number of carbonyl (C=O) groups excluding carboxylic acids is 1. The van der Waals surface area contributed by atoms with E-state index in [0.717, 1.165) is 0 Å². The summed E-state index contributed by atoms with van der Waals surface area (Å²) in [5.74, 6) is -0.0573. The van der Waals surface area contributed by atoms with Crippen LogP contribution in [0.15, 0.2) is 0 Å². The first-order valence-electron chi connectivity index (χ1n) is 5.08. The highest BCUT2D eigenvalue weighted by atomic mass is 16.3. The van der Waals surface area contributed by atoms with Crippen LogP contribution < -0.4 is 5.32 Å². The molecular formula is C10H22N2O3. The van der Waals surface area contributed by atoms with Crippen LogP contribution in [0.2, 0.25) is 0 Å². The van der Waals surface area contributed by atoms with Gasteiger partial charge in [-0.2, -0.15) is 0 Å². The summed E-state index contributed by atoms with van der Waals surface area (Å²) in [5.41, 5.74) is -0.798. The smallest absolute Gasteiger partial charge is 0.236 e. The zero-order valence-electron chi connectivity index (χ0n) is 9.95. The molecule has 0 bridgehead atoms. The molecule has 0 rings (SSSR count). The van der Waals surface area contributed by atoms with Crippen molar-refractivity contribution in [3.05, 3.63) is 0 Å². The maximum absolute atomic E-state index is 11.6. The van der Waals surface area contributed by atoms with E-state index in [-0.39, 0.29) is 31.7 Å². The van der Waals surface area contributed by atoms with Crippen molar-refractivity contribution in [2.45, 2.75) is 32.4 Å². The lowest BCUT2D eigenvalue weighted by Gasteiger charge is -2.28. The number of nitrogens with one attached hydrogen (secondary N) is 1. The van der Waals surface area contributed by atoms with Crippen LogP contribution >= 0.6 is 0 Å². The number of hydrogen-bond donors (Lipinski definition) is 3. The van der Waals surface area contributed by atoms with Crippen LogP contribution in [0.5, 0.6) is 0 Å². The van der Waals surface area contributed by atoms with Gasteiger partial charge in [-0.25, -0.2) is 0 Å². The van der Waals surface area contributed by atoms with Gasteiger partial charge in [0, 0.05) is 13.1 Å². The van der Waals surface area contributed by atoms with Gasteiger partial charge in [0.05, 0.1) is 25.3 Å². The molecule has 0 aliphatic heterocycles. The second-order valence-corrected chi connectivity index (χ2v) is 4.33. The fraction of sp³-hybridized carbons (Fsp3) is 0.900. The normalized spacial score (nSPS) is 11.9. The van der Waals surface area contributed by atoms with Crippen molar-refractivity contribution in [2.75, 3.05) is 26.8 Å². The highest BCUT2D eigenvalue weighted by Crippen LogP contribution is 2.01. The van der Waals surface area contributed by atoms with Crippen molar-refractivity contribution in [1.29, 1.82) is 0 Å². The molecule has 0 radical (unpaired) electrons. The van der Waals surface area contributed by atoms with Crippen LogP contribution in [0.4, 0.5) is 0 Å². The Morgan fingerprint density at radius 2 is 1.87 bits per heavy atom. The van der Waals surface area contributed by atoms with Gasteiger partial charge in [-0.1, -0.05) is 0 Å². The van der Waals surface area contributed by atoms with Crippen LogP contribution in [-0.4, -0.2) is 59.4 Å². The molecule has 0 heterocycles. The van der Waals surface area contributed by atoms with Crippen molar-refractivity contribution in [2.24, 2.45) is 0 Å². The molecule has 0 unspecified atom stereocenters. The van der Waals surface area contributed by atoms with Crippen molar-refractivity contribution < 1.29 is 15.0 Å². The predicted octanol–water partition coefficient (Wildman–Crippen LogP) is -0.814. The number of rotatable bonds is 6. The molecule has 5 heteroatoms. The van der Waals surface area contributed by atoms with Gasteiger partial charge in [0.1, 0.15) is 0 Å². The molecule has 0 saturated carbocycles. The Kier molecular flexibility index (Phi) is 5.79. The maximum Gasteiger partial charge on any atom is 0.236 e. The Morgan fingerprint density at radius 1 is 1.40 bits per heavy atom. The third kappa shape index (κ3) is 4.59. The van der Waals surface area contributed by atoms with Gasteiger partial charge in [-0.05, 0) is 20.8 Å². The highest BCUT2D eigenvalue weighted by molar-refractivity contribution is 5.78. The molecule has 1 amide bonds. The largest absolute Gasteiger partial charge is 0.394 e. The Bertz CT molecular complexity index is 203.